The second-order valence-electron chi connectivity index (χ2n) is 5.30. The molecular formula is C19H32O. The lowest BCUT2D eigenvalue weighted by Gasteiger charge is -2.11. The SMILES string of the molecule is C#CC(CCCC=C)OCCCCCCCCCC=C. The van der Waals surface area contributed by atoms with Gasteiger partial charge in [0, 0.05) is 6.61 Å². The molecule has 114 valence electrons. The van der Waals surface area contributed by atoms with E-state index in [0.717, 1.165) is 38.7 Å². The molecule has 0 radical (unpaired) electrons. The molecule has 0 aromatic heterocycles. The molecule has 0 aliphatic rings. The first-order valence-corrected chi connectivity index (χ1v) is 8.14. The Balaban J connectivity index is 3.27. The first-order valence-electron chi connectivity index (χ1n) is 8.14. The molecule has 0 saturated heterocycles. The Morgan fingerprint density at radius 2 is 1.40 bits per heavy atom. The van der Waals surface area contributed by atoms with Crippen LogP contribution in [0, 0.1) is 12.3 Å². The van der Waals surface area contributed by atoms with Crippen molar-refractivity contribution >= 4 is 0 Å². The molecule has 0 aromatic carbocycles. The molecule has 0 N–H and O–H groups in total. The molecule has 0 aliphatic heterocycles. The first kappa shape index (κ1) is 19.0. The smallest absolute Gasteiger partial charge is 0.117 e. The Morgan fingerprint density at radius 3 is 2.00 bits per heavy atom. The molecule has 0 spiro atoms. The van der Waals surface area contributed by atoms with Crippen LogP contribution in [0.25, 0.3) is 0 Å². The van der Waals surface area contributed by atoms with Crippen LogP contribution in [0.5, 0.6) is 0 Å². The number of rotatable bonds is 15. The summed E-state index contributed by atoms with van der Waals surface area (Å²) in [5.41, 5.74) is 0. The number of allylic oxidation sites excluding steroid dienone is 2. The third kappa shape index (κ3) is 13.4. The molecule has 0 heterocycles. The fraction of sp³-hybridized carbons (Fsp3) is 0.684. The standard InChI is InChI=1S/C19H32O/c1-4-7-9-10-11-12-13-14-16-18-20-19(6-3)17-15-8-5-2/h3-5,19H,1-2,7-18H2. The molecular weight excluding hydrogens is 244 g/mol. The third-order valence-corrected chi connectivity index (χ3v) is 3.43. The molecule has 1 nitrogen and oxygen atoms in total. The number of hydrogen-bond acceptors (Lipinski definition) is 1. The van der Waals surface area contributed by atoms with Gasteiger partial charge in [-0.3, -0.25) is 0 Å². The van der Waals surface area contributed by atoms with Crippen molar-refractivity contribution in [2.24, 2.45) is 0 Å². The van der Waals surface area contributed by atoms with Crippen molar-refractivity contribution in [2.75, 3.05) is 6.61 Å². The van der Waals surface area contributed by atoms with Gasteiger partial charge in [-0.2, -0.15) is 0 Å². The van der Waals surface area contributed by atoms with Gasteiger partial charge in [0.1, 0.15) is 6.10 Å². The van der Waals surface area contributed by atoms with E-state index in [9.17, 15) is 0 Å². The van der Waals surface area contributed by atoms with Gasteiger partial charge in [-0.1, -0.05) is 50.2 Å². The van der Waals surface area contributed by atoms with Crippen LogP contribution >= 0.6 is 0 Å². The fourth-order valence-corrected chi connectivity index (χ4v) is 2.16. The minimum absolute atomic E-state index is 0.00569. The molecule has 0 saturated carbocycles. The van der Waals surface area contributed by atoms with Gasteiger partial charge in [-0.25, -0.2) is 0 Å². The quantitative estimate of drug-likeness (QED) is 0.213. The predicted octanol–water partition coefficient (Wildman–Crippen LogP) is 5.67. The largest absolute Gasteiger partial charge is 0.366 e. The summed E-state index contributed by atoms with van der Waals surface area (Å²) in [6.07, 6.45) is 22.6. The van der Waals surface area contributed by atoms with Crippen LogP contribution in [0.15, 0.2) is 25.3 Å². The Labute approximate surface area is 126 Å². The highest BCUT2D eigenvalue weighted by molar-refractivity contribution is 4.94. The number of unbranched alkanes of at least 4 members (excludes halogenated alkanes) is 8. The van der Waals surface area contributed by atoms with Gasteiger partial charge >= 0.3 is 0 Å². The van der Waals surface area contributed by atoms with Crippen LogP contribution in [0.3, 0.4) is 0 Å². The second kappa shape index (κ2) is 16.1. The normalized spacial score (nSPS) is 11.8. The summed E-state index contributed by atoms with van der Waals surface area (Å²) in [6, 6.07) is 0. The topological polar surface area (TPSA) is 9.23 Å². The Hall–Kier alpha value is -1.00. The van der Waals surface area contributed by atoms with Gasteiger partial charge in [-0.05, 0) is 38.5 Å². The van der Waals surface area contributed by atoms with Gasteiger partial charge in [0.05, 0.1) is 0 Å². The van der Waals surface area contributed by atoms with E-state index in [4.69, 9.17) is 11.2 Å². The van der Waals surface area contributed by atoms with Crippen LogP contribution in [0.1, 0.15) is 70.6 Å². The van der Waals surface area contributed by atoms with Crippen molar-refractivity contribution in [1.29, 1.82) is 0 Å². The van der Waals surface area contributed by atoms with Crippen LogP contribution < -0.4 is 0 Å². The van der Waals surface area contributed by atoms with Crippen molar-refractivity contribution in [3.8, 4) is 12.3 Å². The molecule has 1 unspecified atom stereocenters. The lowest BCUT2D eigenvalue weighted by molar-refractivity contribution is 0.0813. The van der Waals surface area contributed by atoms with E-state index in [2.05, 4.69) is 19.1 Å². The van der Waals surface area contributed by atoms with Gasteiger partial charge in [-0.15, -0.1) is 19.6 Å². The highest BCUT2D eigenvalue weighted by Crippen LogP contribution is 2.10. The van der Waals surface area contributed by atoms with Crippen molar-refractivity contribution in [2.45, 2.75) is 76.7 Å². The van der Waals surface area contributed by atoms with Crippen LogP contribution in [0.2, 0.25) is 0 Å². The lowest BCUT2D eigenvalue weighted by atomic mass is 10.1. The van der Waals surface area contributed by atoms with Gasteiger partial charge < -0.3 is 4.74 Å². The number of terminal acetylenes is 1. The van der Waals surface area contributed by atoms with Gasteiger partial charge in [0.15, 0.2) is 0 Å². The summed E-state index contributed by atoms with van der Waals surface area (Å²) < 4.78 is 5.72. The minimum Gasteiger partial charge on any atom is -0.366 e. The van der Waals surface area contributed by atoms with E-state index in [1.807, 2.05) is 12.2 Å². The lowest BCUT2D eigenvalue weighted by Crippen LogP contribution is -2.11. The molecule has 1 heteroatoms. The molecule has 0 aromatic rings. The van der Waals surface area contributed by atoms with Crippen molar-refractivity contribution in [3.63, 3.8) is 0 Å². The first-order chi connectivity index (χ1) is 9.85. The average molecular weight is 276 g/mol. The van der Waals surface area contributed by atoms with Crippen molar-refractivity contribution in [1.82, 2.24) is 0 Å². The Kier molecular flexibility index (Phi) is 15.3. The van der Waals surface area contributed by atoms with Crippen molar-refractivity contribution < 1.29 is 4.74 Å². The summed E-state index contributed by atoms with van der Waals surface area (Å²) in [5.74, 6) is 2.73. The number of hydrogen-bond donors (Lipinski definition) is 0. The molecule has 1 atom stereocenters. The Morgan fingerprint density at radius 1 is 0.850 bits per heavy atom. The zero-order valence-corrected chi connectivity index (χ0v) is 13.1. The minimum atomic E-state index is -0.00569. The summed E-state index contributed by atoms with van der Waals surface area (Å²) in [7, 11) is 0. The Bertz CT molecular complexity index is 261. The van der Waals surface area contributed by atoms with E-state index < -0.39 is 0 Å². The summed E-state index contributed by atoms with van der Waals surface area (Å²) in [4.78, 5) is 0. The highest BCUT2D eigenvalue weighted by atomic mass is 16.5. The van der Waals surface area contributed by atoms with Crippen molar-refractivity contribution in [3.05, 3.63) is 25.3 Å². The molecule has 0 rings (SSSR count). The van der Waals surface area contributed by atoms with E-state index >= 15 is 0 Å². The molecule has 0 amide bonds. The maximum Gasteiger partial charge on any atom is 0.117 e. The molecule has 0 bridgehead atoms. The van der Waals surface area contributed by atoms with Crippen LogP contribution in [0.4, 0.5) is 0 Å². The van der Waals surface area contributed by atoms with E-state index in [-0.39, 0.29) is 6.10 Å². The summed E-state index contributed by atoms with van der Waals surface area (Å²) in [6.45, 7) is 8.26. The second-order valence-corrected chi connectivity index (χ2v) is 5.30. The predicted molar refractivity (Wildman–Crippen MR) is 89.8 cm³/mol. The zero-order chi connectivity index (χ0) is 14.9. The van der Waals surface area contributed by atoms with E-state index in [0.29, 0.717) is 0 Å². The summed E-state index contributed by atoms with van der Waals surface area (Å²) in [5, 5.41) is 0. The van der Waals surface area contributed by atoms with Gasteiger partial charge in [0.25, 0.3) is 0 Å². The third-order valence-electron chi connectivity index (χ3n) is 3.43. The number of ether oxygens (including phenoxy) is 1. The molecule has 20 heavy (non-hydrogen) atoms. The maximum atomic E-state index is 5.72. The zero-order valence-electron chi connectivity index (χ0n) is 13.1. The van der Waals surface area contributed by atoms with Crippen LogP contribution in [-0.2, 0) is 4.74 Å². The van der Waals surface area contributed by atoms with E-state index in [1.54, 1.807) is 0 Å². The maximum absolute atomic E-state index is 5.72. The van der Waals surface area contributed by atoms with E-state index in [1.165, 1.54) is 38.5 Å². The van der Waals surface area contributed by atoms with Gasteiger partial charge in [0.2, 0.25) is 0 Å². The monoisotopic (exact) mass is 276 g/mol. The fourth-order valence-electron chi connectivity index (χ4n) is 2.16. The van der Waals surface area contributed by atoms with Crippen LogP contribution in [-0.4, -0.2) is 12.7 Å². The molecule has 0 fully saturated rings. The summed E-state index contributed by atoms with van der Waals surface area (Å²) >= 11 is 0. The average Bonchev–Trinajstić information content (AvgIpc) is 2.47. The molecule has 0 aliphatic carbocycles. The highest BCUT2D eigenvalue weighted by Gasteiger charge is 2.03.